The van der Waals surface area contributed by atoms with E-state index in [0.717, 1.165) is 12.1 Å². The Kier molecular flexibility index (Phi) is 4.55. The van der Waals surface area contributed by atoms with Crippen LogP contribution >= 0.6 is 11.6 Å². The molecule has 7 heteroatoms. The molecule has 0 aliphatic rings. The maximum Gasteiger partial charge on any atom is 0.416 e. The molecule has 3 nitrogen and oxygen atoms in total. The summed E-state index contributed by atoms with van der Waals surface area (Å²) in [7, 11) is 0. The van der Waals surface area contributed by atoms with Crippen LogP contribution in [-0.2, 0) is 23.3 Å². The molecule has 0 aliphatic heterocycles. The van der Waals surface area contributed by atoms with Gasteiger partial charge in [0.15, 0.2) is 0 Å². The van der Waals surface area contributed by atoms with Crippen LogP contribution in [0.15, 0.2) is 18.2 Å². The molecular weight excluding hydrogens is 293 g/mol. The van der Waals surface area contributed by atoms with E-state index in [9.17, 15) is 13.2 Å². The van der Waals surface area contributed by atoms with Crippen LogP contribution in [0.3, 0.4) is 0 Å². The maximum absolute atomic E-state index is 12.7. The van der Waals surface area contributed by atoms with E-state index in [1.807, 2.05) is 6.92 Å². The summed E-state index contributed by atoms with van der Waals surface area (Å²) in [4.78, 5) is 4.16. The lowest BCUT2D eigenvalue weighted by molar-refractivity contribution is -0.137. The highest BCUT2D eigenvalue weighted by Crippen LogP contribution is 2.31. The summed E-state index contributed by atoms with van der Waals surface area (Å²) >= 11 is 5.80. The van der Waals surface area contributed by atoms with Gasteiger partial charge in [0.25, 0.3) is 0 Å². The largest absolute Gasteiger partial charge is 0.416 e. The van der Waals surface area contributed by atoms with E-state index in [0.29, 0.717) is 36.6 Å². The first-order valence-corrected chi connectivity index (χ1v) is 6.71. The Morgan fingerprint density at radius 1 is 1.35 bits per heavy atom. The summed E-state index contributed by atoms with van der Waals surface area (Å²) in [5.41, 5.74) is 0.223. The van der Waals surface area contributed by atoms with Gasteiger partial charge in [-0.25, -0.2) is 4.98 Å². The Hall–Kier alpha value is -1.27. The van der Waals surface area contributed by atoms with Crippen molar-refractivity contribution in [2.45, 2.75) is 25.5 Å². The zero-order valence-corrected chi connectivity index (χ0v) is 11.6. The van der Waals surface area contributed by atoms with Gasteiger partial charge in [-0.3, -0.25) is 0 Å². The molecule has 0 radical (unpaired) electrons. The summed E-state index contributed by atoms with van der Waals surface area (Å²) in [6.07, 6.45) is -4.37. The van der Waals surface area contributed by atoms with Crippen molar-refractivity contribution in [1.82, 2.24) is 9.55 Å². The second-order valence-corrected chi connectivity index (χ2v) is 4.48. The van der Waals surface area contributed by atoms with Crippen LogP contribution in [-0.4, -0.2) is 22.8 Å². The summed E-state index contributed by atoms with van der Waals surface area (Å²) in [6.45, 7) is 3.44. The fourth-order valence-electron chi connectivity index (χ4n) is 2.01. The number of benzene rings is 1. The maximum atomic E-state index is 12.7. The molecule has 20 heavy (non-hydrogen) atoms. The molecule has 110 valence electrons. The highest BCUT2D eigenvalue weighted by atomic mass is 35.5. The zero-order valence-electron chi connectivity index (χ0n) is 10.9. The standard InChI is InChI=1S/C13H14ClF3N2O/c1-2-20-6-5-19-11-4-3-9(13(15,16)17)7-10(11)18-12(19)8-14/h3-4,7H,2,5-6,8H2,1H3. The van der Waals surface area contributed by atoms with Gasteiger partial charge < -0.3 is 9.30 Å². The van der Waals surface area contributed by atoms with Gasteiger partial charge in [0.05, 0.1) is 29.1 Å². The number of aromatic nitrogens is 2. The van der Waals surface area contributed by atoms with E-state index in [2.05, 4.69) is 4.98 Å². The lowest BCUT2D eigenvalue weighted by atomic mass is 10.2. The first-order chi connectivity index (χ1) is 9.47. The molecule has 0 spiro atoms. The number of nitrogens with zero attached hydrogens (tertiary/aromatic N) is 2. The summed E-state index contributed by atoms with van der Waals surface area (Å²) in [6, 6.07) is 3.52. The van der Waals surface area contributed by atoms with Crippen LogP contribution in [0.4, 0.5) is 13.2 Å². The minimum Gasteiger partial charge on any atom is -0.380 e. The second kappa shape index (κ2) is 6.01. The van der Waals surface area contributed by atoms with Crippen LogP contribution in [0.25, 0.3) is 11.0 Å². The van der Waals surface area contributed by atoms with Crippen molar-refractivity contribution < 1.29 is 17.9 Å². The number of imidazole rings is 1. The number of hydrogen-bond donors (Lipinski definition) is 0. The first kappa shape index (κ1) is 15.1. The van der Waals surface area contributed by atoms with Crippen molar-refractivity contribution in [1.29, 1.82) is 0 Å². The zero-order chi connectivity index (χ0) is 14.8. The number of ether oxygens (including phenoxy) is 1. The van der Waals surface area contributed by atoms with Gasteiger partial charge in [0.1, 0.15) is 5.82 Å². The molecule has 2 aromatic rings. The number of hydrogen-bond acceptors (Lipinski definition) is 2. The van der Waals surface area contributed by atoms with Gasteiger partial charge in [0.2, 0.25) is 0 Å². The summed E-state index contributed by atoms with van der Waals surface area (Å²) < 4.78 is 45.1. The normalized spacial score (nSPS) is 12.2. The predicted octanol–water partition coefficient (Wildman–Crippen LogP) is 3.83. The van der Waals surface area contributed by atoms with E-state index in [4.69, 9.17) is 16.3 Å². The number of halogens is 4. The SMILES string of the molecule is CCOCCn1c(CCl)nc2cc(C(F)(F)F)ccc21. The van der Waals surface area contributed by atoms with E-state index < -0.39 is 11.7 Å². The van der Waals surface area contributed by atoms with E-state index in [1.165, 1.54) is 6.07 Å². The minimum atomic E-state index is -4.37. The highest BCUT2D eigenvalue weighted by Gasteiger charge is 2.31. The number of alkyl halides is 4. The van der Waals surface area contributed by atoms with Crippen molar-refractivity contribution in [2.75, 3.05) is 13.2 Å². The van der Waals surface area contributed by atoms with Crippen LogP contribution in [0.2, 0.25) is 0 Å². The molecule has 0 bridgehead atoms. The molecule has 1 heterocycles. The lowest BCUT2D eigenvalue weighted by Gasteiger charge is -2.09. The van der Waals surface area contributed by atoms with E-state index in [1.54, 1.807) is 4.57 Å². The second-order valence-electron chi connectivity index (χ2n) is 4.21. The van der Waals surface area contributed by atoms with Crippen molar-refractivity contribution >= 4 is 22.6 Å². The van der Waals surface area contributed by atoms with Crippen LogP contribution in [0.1, 0.15) is 18.3 Å². The van der Waals surface area contributed by atoms with Crippen LogP contribution in [0, 0.1) is 0 Å². The molecule has 0 N–H and O–H groups in total. The van der Waals surface area contributed by atoms with Crippen molar-refractivity contribution in [3.63, 3.8) is 0 Å². The van der Waals surface area contributed by atoms with Crippen molar-refractivity contribution in [3.8, 4) is 0 Å². The smallest absolute Gasteiger partial charge is 0.380 e. The molecule has 0 atom stereocenters. The van der Waals surface area contributed by atoms with E-state index in [-0.39, 0.29) is 5.88 Å². The fourth-order valence-corrected chi connectivity index (χ4v) is 2.21. The average molecular weight is 307 g/mol. The third kappa shape index (κ3) is 3.07. The molecule has 0 fully saturated rings. The third-order valence-corrected chi connectivity index (χ3v) is 3.18. The minimum absolute atomic E-state index is 0.141. The number of fused-ring (bicyclic) bond motifs is 1. The monoisotopic (exact) mass is 306 g/mol. The Labute approximate surface area is 119 Å². The fraction of sp³-hybridized carbons (Fsp3) is 0.462. The quantitative estimate of drug-likeness (QED) is 0.620. The molecule has 0 saturated heterocycles. The van der Waals surface area contributed by atoms with Crippen molar-refractivity contribution in [2.24, 2.45) is 0 Å². The van der Waals surface area contributed by atoms with Crippen LogP contribution in [0.5, 0.6) is 0 Å². The molecule has 2 rings (SSSR count). The van der Waals surface area contributed by atoms with Crippen molar-refractivity contribution in [3.05, 3.63) is 29.6 Å². The third-order valence-electron chi connectivity index (χ3n) is 2.94. The molecule has 0 saturated carbocycles. The van der Waals surface area contributed by atoms with Gasteiger partial charge in [-0.2, -0.15) is 13.2 Å². The van der Waals surface area contributed by atoms with E-state index >= 15 is 0 Å². The lowest BCUT2D eigenvalue weighted by Crippen LogP contribution is -2.09. The molecule has 0 amide bonds. The molecule has 0 aliphatic carbocycles. The molecular formula is C13H14ClF3N2O. The predicted molar refractivity (Wildman–Crippen MR) is 70.8 cm³/mol. The highest BCUT2D eigenvalue weighted by molar-refractivity contribution is 6.16. The van der Waals surface area contributed by atoms with Crippen LogP contribution < -0.4 is 0 Å². The topological polar surface area (TPSA) is 27.1 Å². The Morgan fingerprint density at radius 2 is 2.10 bits per heavy atom. The van der Waals surface area contributed by atoms with Gasteiger partial charge >= 0.3 is 6.18 Å². The molecule has 1 aromatic heterocycles. The Bertz CT molecular complexity index is 595. The average Bonchev–Trinajstić information content (AvgIpc) is 2.75. The molecule has 0 unspecified atom stereocenters. The Morgan fingerprint density at radius 3 is 2.70 bits per heavy atom. The number of rotatable bonds is 5. The first-order valence-electron chi connectivity index (χ1n) is 6.17. The molecule has 1 aromatic carbocycles. The van der Waals surface area contributed by atoms with Gasteiger partial charge in [0, 0.05) is 13.2 Å². The summed E-state index contributed by atoms with van der Waals surface area (Å²) in [5.74, 6) is 0.683. The van der Waals surface area contributed by atoms with Gasteiger partial charge in [-0.15, -0.1) is 11.6 Å². The van der Waals surface area contributed by atoms with Gasteiger partial charge in [-0.1, -0.05) is 0 Å². The van der Waals surface area contributed by atoms with Gasteiger partial charge in [-0.05, 0) is 25.1 Å². The Balaban J connectivity index is 2.41. The summed E-state index contributed by atoms with van der Waals surface area (Å²) in [5, 5.41) is 0.